The van der Waals surface area contributed by atoms with E-state index in [1.54, 1.807) is 0 Å². The quantitative estimate of drug-likeness (QED) is 0.0507. The zero-order valence-electron chi connectivity index (χ0n) is 33.0. The first-order valence-corrected chi connectivity index (χ1v) is 23.1. The van der Waals surface area contributed by atoms with Gasteiger partial charge in [0.05, 0.1) is 11.1 Å². The van der Waals surface area contributed by atoms with E-state index < -0.39 is 31.2 Å². The van der Waals surface area contributed by atoms with Gasteiger partial charge in [0.1, 0.15) is 32.2 Å². The summed E-state index contributed by atoms with van der Waals surface area (Å²) >= 11 is 0. The molecule has 2 fully saturated rings. The highest BCUT2D eigenvalue weighted by molar-refractivity contribution is 6.83. The van der Waals surface area contributed by atoms with Crippen LogP contribution in [-0.2, 0) is 20.7 Å². The summed E-state index contributed by atoms with van der Waals surface area (Å²) in [6.45, 7) is 6.64. The number of hydrogen-bond donors (Lipinski definition) is 4. The number of carbonyl (C=O) groups is 2. The first-order valence-electron chi connectivity index (χ1n) is 19.6. The molecule has 6 nitrogen and oxygen atoms in total. The van der Waals surface area contributed by atoms with Gasteiger partial charge in [0, 0.05) is 0 Å². The normalized spacial score (nSPS) is 18.6. The van der Waals surface area contributed by atoms with Gasteiger partial charge in [-0.3, -0.25) is 20.2 Å². The minimum atomic E-state index is -1.54. The highest BCUT2D eigenvalue weighted by Crippen LogP contribution is 2.39. The number of terminal acetylenes is 1. The van der Waals surface area contributed by atoms with Gasteiger partial charge in [-0.15, -0.1) is 12.0 Å². The van der Waals surface area contributed by atoms with Crippen molar-refractivity contribution < 1.29 is 9.59 Å². The van der Waals surface area contributed by atoms with E-state index in [-0.39, 0.29) is 23.9 Å². The number of benzene rings is 6. The second-order valence-corrected chi connectivity index (χ2v) is 20.3. The highest BCUT2D eigenvalue weighted by Gasteiger charge is 2.48. The van der Waals surface area contributed by atoms with E-state index >= 15 is 0 Å². The Hall–Kier alpha value is -6.48. The van der Waals surface area contributed by atoms with Crippen LogP contribution in [0.5, 0.6) is 0 Å². The molecular formula is C51H48N4O2Si. The molecule has 0 unspecified atom stereocenters. The van der Waals surface area contributed by atoms with Crippen LogP contribution < -0.4 is 21.3 Å². The third-order valence-corrected chi connectivity index (χ3v) is 11.5. The lowest BCUT2D eigenvalue weighted by Crippen LogP contribution is -2.71. The lowest BCUT2D eigenvalue weighted by molar-refractivity contribution is -0.131. The lowest BCUT2D eigenvalue weighted by atomic mass is 9.75. The average Bonchev–Trinajstić information content (AvgIpc) is 3.27. The topological polar surface area (TPSA) is 82.3 Å². The molecule has 2 saturated heterocycles. The van der Waals surface area contributed by atoms with Crippen LogP contribution in [0.25, 0.3) is 0 Å². The first kappa shape index (κ1) is 39.7. The molecule has 6 aromatic rings. The Balaban J connectivity index is 0.000000178. The van der Waals surface area contributed by atoms with Crippen molar-refractivity contribution in [2.75, 3.05) is 0 Å². The Kier molecular flexibility index (Phi) is 11.9. The van der Waals surface area contributed by atoms with Crippen LogP contribution in [0.15, 0.2) is 182 Å². The summed E-state index contributed by atoms with van der Waals surface area (Å²) in [6, 6.07) is 60.1. The van der Waals surface area contributed by atoms with Crippen molar-refractivity contribution in [3.8, 4) is 23.8 Å². The lowest BCUT2D eigenvalue weighted by Gasteiger charge is -2.44. The fraction of sp³-hybridized carbons (Fsp3) is 0.176. The molecule has 8 rings (SSSR count). The number of β-lactam (4-membered cyclic amide) rings is 2. The highest BCUT2D eigenvalue weighted by atomic mass is 28.3. The standard InChI is InChI=1S/C27H28N2OSi.C24H20N2O/c1-31(2,3)20-19-24-25(26(30)28-24)29-27(21-13-7-4-8-14-21,22-15-9-5-10-16-22)23-17-11-6-12-18-23;1-2-21-22(23(27)25-21)26-24(18-12-6-3-7-13-18,19-14-8-4-9-15-19)20-16-10-5-11-17-20/h4-18,24-25,29H,1-3H3,(H,28,30);1,3-17,21-22,26H,(H,25,27)/t24-,25-;21-,22-/m00/s1. The molecular weight excluding hydrogens is 729 g/mol. The summed E-state index contributed by atoms with van der Waals surface area (Å²) in [7, 11) is -1.54. The molecule has 0 saturated carbocycles. The molecule has 58 heavy (non-hydrogen) atoms. The minimum Gasteiger partial charge on any atom is -0.339 e. The Morgan fingerprint density at radius 2 is 0.724 bits per heavy atom. The molecule has 0 bridgehead atoms. The van der Waals surface area contributed by atoms with Gasteiger partial charge in [-0.2, -0.15) is 0 Å². The van der Waals surface area contributed by atoms with E-state index in [9.17, 15) is 9.59 Å². The van der Waals surface area contributed by atoms with Gasteiger partial charge < -0.3 is 10.6 Å². The Labute approximate surface area is 343 Å². The SMILES string of the molecule is C#C[C@@H]1NC(=O)[C@H]1NC(c1ccccc1)(c1ccccc1)c1ccccc1.C[Si](C)(C)C#C[C@@H]1NC(=O)[C@H]1NC(c1ccccc1)(c1ccccc1)c1ccccc1. The second-order valence-electron chi connectivity index (χ2n) is 15.6. The van der Waals surface area contributed by atoms with Gasteiger partial charge in [-0.05, 0) is 33.4 Å². The minimum absolute atomic E-state index is 0.0120. The molecule has 7 heteroatoms. The Morgan fingerprint density at radius 1 is 0.466 bits per heavy atom. The summed E-state index contributed by atoms with van der Waals surface area (Å²) in [5.74, 6) is 5.91. The second kappa shape index (κ2) is 17.3. The third-order valence-electron chi connectivity index (χ3n) is 10.6. The number of carbonyl (C=O) groups excluding carboxylic acids is 2. The summed E-state index contributed by atoms with van der Waals surface area (Å²) in [4.78, 5) is 25.0. The van der Waals surface area contributed by atoms with Gasteiger partial charge >= 0.3 is 0 Å². The monoisotopic (exact) mass is 776 g/mol. The fourth-order valence-electron chi connectivity index (χ4n) is 7.71. The van der Waals surface area contributed by atoms with Gasteiger partial charge in [-0.1, -0.05) is 213 Å². The Morgan fingerprint density at radius 3 is 0.966 bits per heavy atom. The van der Waals surface area contributed by atoms with Crippen molar-refractivity contribution in [3.05, 3.63) is 215 Å². The predicted molar refractivity (Wildman–Crippen MR) is 236 cm³/mol. The van der Waals surface area contributed by atoms with E-state index in [1.807, 2.05) is 109 Å². The van der Waals surface area contributed by atoms with E-state index in [2.05, 4.69) is 131 Å². The largest absolute Gasteiger partial charge is 0.339 e. The van der Waals surface area contributed by atoms with Crippen LogP contribution in [0.2, 0.25) is 19.6 Å². The van der Waals surface area contributed by atoms with Gasteiger partial charge in [0.2, 0.25) is 11.8 Å². The maximum Gasteiger partial charge on any atom is 0.241 e. The average molecular weight is 777 g/mol. The Bertz CT molecular complexity index is 2210. The fourth-order valence-corrected chi connectivity index (χ4v) is 8.30. The van der Waals surface area contributed by atoms with Gasteiger partial charge in [0.15, 0.2) is 0 Å². The number of amides is 2. The van der Waals surface area contributed by atoms with Crippen molar-refractivity contribution in [1.29, 1.82) is 0 Å². The summed E-state index contributed by atoms with van der Waals surface area (Å²) in [5, 5.41) is 13.1. The van der Waals surface area contributed by atoms with E-state index in [0.717, 1.165) is 33.4 Å². The van der Waals surface area contributed by atoms with Gasteiger partial charge in [-0.25, -0.2) is 0 Å². The summed E-state index contributed by atoms with van der Waals surface area (Å²) in [6.07, 6.45) is 5.62. The molecule has 2 heterocycles. The molecule has 0 spiro atoms. The van der Waals surface area contributed by atoms with Crippen LogP contribution in [0.3, 0.4) is 0 Å². The molecule has 4 N–H and O–H groups in total. The van der Waals surface area contributed by atoms with Crippen molar-refractivity contribution in [1.82, 2.24) is 21.3 Å². The van der Waals surface area contributed by atoms with Crippen LogP contribution in [0, 0.1) is 23.8 Å². The third kappa shape index (κ3) is 8.16. The molecule has 2 aliphatic rings. The molecule has 288 valence electrons. The van der Waals surface area contributed by atoms with Crippen LogP contribution >= 0.6 is 0 Å². The van der Waals surface area contributed by atoms with Gasteiger partial charge in [0.25, 0.3) is 0 Å². The predicted octanol–water partition coefficient (Wildman–Crippen LogP) is 7.38. The maximum atomic E-state index is 12.7. The smallest absolute Gasteiger partial charge is 0.241 e. The van der Waals surface area contributed by atoms with Crippen molar-refractivity contribution >= 4 is 19.9 Å². The molecule has 2 amide bonds. The van der Waals surface area contributed by atoms with Crippen molar-refractivity contribution in [3.63, 3.8) is 0 Å². The van der Waals surface area contributed by atoms with E-state index in [1.165, 1.54) is 0 Å². The number of rotatable bonds is 10. The van der Waals surface area contributed by atoms with Crippen molar-refractivity contribution in [2.45, 2.75) is 54.9 Å². The maximum absolute atomic E-state index is 12.7. The first-order chi connectivity index (χ1) is 28.2. The van der Waals surface area contributed by atoms with E-state index in [4.69, 9.17) is 6.42 Å². The molecule has 2 aliphatic heterocycles. The van der Waals surface area contributed by atoms with Crippen LogP contribution in [0.4, 0.5) is 0 Å². The van der Waals surface area contributed by atoms with Crippen LogP contribution in [0.1, 0.15) is 33.4 Å². The number of hydrogen-bond acceptors (Lipinski definition) is 4. The molecule has 6 aromatic carbocycles. The summed E-state index contributed by atoms with van der Waals surface area (Å²) in [5.41, 5.74) is 8.47. The molecule has 4 atom stereocenters. The molecule has 0 aliphatic carbocycles. The summed E-state index contributed by atoms with van der Waals surface area (Å²) < 4.78 is 0. The molecule has 0 radical (unpaired) electrons. The van der Waals surface area contributed by atoms with Crippen molar-refractivity contribution in [2.24, 2.45) is 0 Å². The molecule has 0 aromatic heterocycles. The van der Waals surface area contributed by atoms with E-state index in [0.29, 0.717) is 0 Å². The number of nitrogens with one attached hydrogen (secondary N) is 4. The van der Waals surface area contributed by atoms with Crippen LogP contribution in [-0.4, -0.2) is 44.1 Å². The zero-order chi connectivity index (χ0) is 40.6. The zero-order valence-corrected chi connectivity index (χ0v) is 34.0.